The van der Waals surface area contributed by atoms with Crippen LogP contribution in [0.5, 0.6) is 0 Å². The monoisotopic (exact) mass is 495 g/mol. The van der Waals surface area contributed by atoms with Gasteiger partial charge in [-0.25, -0.2) is 4.79 Å². The normalized spacial score (nSPS) is 19.8. The maximum absolute atomic E-state index is 13.5. The number of hydrogen-bond donors (Lipinski definition) is 0. The molecule has 0 aromatic heterocycles. The summed E-state index contributed by atoms with van der Waals surface area (Å²) in [5.74, 6) is -0.216. The van der Waals surface area contributed by atoms with Gasteiger partial charge in [-0.2, -0.15) is 0 Å². The standard InChI is InChI=1S/C28H33NO5S/c1-4-6-18-35-28(27(32)33-3)19-24(30)29(20-21-12-8-7-9-13-21)26(28)23-15-11-10-14-22(23)16-17-25(31)34-5-2/h7-17,26H,4-6,18-20H2,1-3H3/b17-16+/t26-,28-/m1/s1. The van der Waals surface area contributed by atoms with E-state index in [1.54, 1.807) is 17.9 Å². The lowest BCUT2D eigenvalue weighted by atomic mass is 9.89. The minimum atomic E-state index is -1.09. The molecule has 2 aromatic rings. The zero-order valence-corrected chi connectivity index (χ0v) is 21.4. The van der Waals surface area contributed by atoms with E-state index in [0.717, 1.165) is 35.3 Å². The van der Waals surface area contributed by atoms with Gasteiger partial charge in [0.25, 0.3) is 0 Å². The van der Waals surface area contributed by atoms with E-state index in [-0.39, 0.29) is 18.9 Å². The molecular weight excluding hydrogens is 462 g/mol. The summed E-state index contributed by atoms with van der Waals surface area (Å²) in [7, 11) is 1.37. The number of likely N-dealkylation sites (tertiary alicyclic amines) is 1. The highest BCUT2D eigenvalue weighted by molar-refractivity contribution is 8.01. The Hall–Kier alpha value is -3.06. The summed E-state index contributed by atoms with van der Waals surface area (Å²) >= 11 is 1.50. The van der Waals surface area contributed by atoms with Crippen molar-refractivity contribution in [3.63, 3.8) is 0 Å². The lowest BCUT2D eigenvalue weighted by molar-refractivity contribution is -0.144. The van der Waals surface area contributed by atoms with Crippen molar-refractivity contribution in [2.75, 3.05) is 19.5 Å². The summed E-state index contributed by atoms with van der Waals surface area (Å²) in [5.41, 5.74) is 2.52. The summed E-state index contributed by atoms with van der Waals surface area (Å²) in [6.45, 7) is 4.50. The number of carbonyl (C=O) groups excluding carboxylic acids is 3. The van der Waals surface area contributed by atoms with Gasteiger partial charge in [-0.3, -0.25) is 9.59 Å². The molecule has 3 rings (SSSR count). The maximum Gasteiger partial charge on any atom is 0.330 e. The van der Waals surface area contributed by atoms with Crippen LogP contribution < -0.4 is 0 Å². The Bertz CT molecular complexity index is 1050. The van der Waals surface area contributed by atoms with Crippen molar-refractivity contribution in [3.05, 3.63) is 77.4 Å². The molecule has 0 bridgehead atoms. The van der Waals surface area contributed by atoms with Crippen LogP contribution in [0.4, 0.5) is 0 Å². The number of unbranched alkanes of at least 4 members (excludes halogenated alkanes) is 1. The molecule has 1 aliphatic rings. The molecule has 1 saturated heterocycles. The summed E-state index contributed by atoms with van der Waals surface area (Å²) < 4.78 is 9.25. The Kier molecular flexibility index (Phi) is 9.55. The number of methoxy groups -OCH3 is 1. The summed E-state index contributed by atoms with van der Waals surface area (Å²) in [4.78, 5) is 40.7. The molecule has 2 atom stereocenters. The van der Waals surface area contributed by atoms with Crippen LogP contribution in [0.25, 0.3) is 6.08 Å². The molecular formula is C28H33NO5S. The van der Waals surface area contributed by atoms with Crippen molar-refractivity contribution in [2.45, 2.75) is 50.4 Å². The molecule has 0 aliphatic carbocycles. The molecule has 186 valence electrons. The first kappa shape index (κ1) is 26.5. The van der Waals surface area contributed by atoms with E-state index >= 15 is 0 Å². The molecule has 0 spiro atoms. The van der Waals surface area contributed by atoms with Crippen LogP contribution in [0.2, 0.25) is 0 Å². The number of ether oxygens (including phenoxy) is 2. The van der Waals surface area contributed by atoms with Crippen molar-refractivity contribution in [3.8, 4) is 0 Å². The van der Waals surface area contributed by atoms with Gasteiger partial charge in [0.1, 0.15) is 4.75 Å². The summed E-state index contributed by atoms with van der Waals surface area (Å²) in [6.07, 6.45) is 5.03. The predicted molar refractivity (Wildman–Crippen MR) is 139 cm³/mol. The molecule has 0 N–H and O–H groups in total. The summed E-state index contributed by atoms with van der Waals surface area (Å²) in [6, 6.07) is 16.7. The molecule has 1 heterocycles. The second-order valence-electron chi connectivity index (χ2n) is 8.38. The summed E-state index contributed by atoms with van der Waals surface area (Å²) in [5, 5.41) is 0. The highest BCUT2D eigenvalue weighted by atomic mass is 32.2. The maximum atomic E-state index is 13.5. The Morgan fingerprint density at radius 3 is 2.51 bits per heavy atom. The number of amides is 1. The van der Waals surface area contributed by atoms with E-state index in [4.69, 9.17) is 9.47 Å². The fraction of sp³-hybridized carbons (Fsp3) is 0.393. The highest BCUT2D eigenvalue weighted by Gasteiger charge is 2.58. The second kappa shape index (κ2) is 12.6. The number of rotatable bonds is 11. The third-order valence-corrected chi connectivity index (χ3v) is 7.59. The van der Waals surface area contributed by atoms with Crippen LogP contribution in [0.3, 0.4) is 0 Å². The molecule has 0 saturated carbocycles. The SMILES string of the molecule is CCCCS[C@]1(C(=O)OC)CC(=O)N(Cc2ccccc2)[C@@H]1c1ccccc1/C=C/C(=O)OCC. The van der Waals surface area contributed by atoms with Gasteiger partial charge in [0.15, 0.2) is 0 Å². The fourth-order valence-corrected chi connectivity index (χ4v) is 6.04. The Morgan fingerprint density at radius 2 is 1.83 bits per heavy atom. The predicted octanol–water partition coefficient (Wildman–Crippen LogP) is 5.18. The second-order valence-corrected chi connectivity index (χ2v) is 9.81. The number of nitrogens with zero attached hydrogens (tertiary/aromatic N) is 1. The smallest absolute Gasteiger partial charge is 0.330 e. The average Bonchev–Trinajstić information content (AvgIpc) is 3.15. The number of thioether (sulfide) groups is 1. The lowest BCUT2D eigenvalue weighted by Crippen LogP contribution is -2.43. The van der Waals surface area contributed by atoms with E-state index in [9.17, 15) is 14.4 Å². The van der Waals surface area contributed by atoms with Gasteiger partial charge < -0.3 is 14.4 Å². The van der Waals surface area contributed by atoms with Gasteiger partial charge >= 0.3 is 11.9 Å². The molecule has 35 heavy (non-hydrogen) atoms. The molecule has 7 heteroatoms. The third kappa shape index (κ3) is 6.14. The van der Waals surface area contributed by atoms with Crippen molar-refractivity contribution in [2.24, 2.45) is 0 Å². The number of carbonyl (C=O) groups is 3. The quantitative estimate of drug-likeness (QED) is 0.243. The number of benzene rings is 2. The van der Waals surface area contributed by atoms with E-state index in [1.165, 1.54) is 24.9 Å². The van der Waals surface area contributed by atoms with Crippen molar-refractivity contribution >= 4 is 35.7 Å². The van der Waals surface area contributed by atoms with E-state index < -0.39 is 22.7 Å². The zero-order chi connectivity index (χ0) is 25.3. The van der Waals surface area contributed by atoms with Gasteiger partial charge in [0.05, 0.1) is 26.2 Å². The van der Waals surface area contributed by atoms with Crippen LogP contribution in [-0.4, -0.2) is 47.0 Å². The third-order valence-electron chi connectivity index (χ3n) is 6.05. The number of hydrogen-bond acceptors (Lipinski definition) is 6. The molecule has 1 amide bonds. The van der Waals surface area contributed by atoms with Gasteiger partial charge in [-0.15, -0.1) is 11.8 Å². The van der Waals surface area contributed by atoms with Crippen molar-refractivity contribution in [1.82, 2.24) is 4.90 Å². The average molecular weight is 496 g/mol. The zero-order valence-electron chi connectivity index (χ0n) is 20.6. The van der Waals surface area contributed by atoms with Crippen LogP contribution >= 0.6 is 11.8 Å². The van der Waals surface area contributed by atoms with Gasteiger partial charge in [0.2, 0.25) is 5.91 Å². The Labute approximate surface area is 211 Å². The first-order valence-electron chi connectivity index (χ1n) is 12.0. The molecule has 6 nitrogen and oxygen atoms in total. The Morgan fingerprint density at radius 1 is 1.11 bits per heavy atom. The van der Waals surface area contributed by atoms with Crippen LogP contribution in [0, 0.1) is 0 Å². The van der Waals surface area contributed by atoms with Crippen molar-refractivity contribution < 1.29 is 23.9 Å². The Balaban J connectivity index is 2.13. The van der Waals surface area contributed by atoms with E-state index in [2.05, 4.69) is 6.92 Å². The van der Waals surface area contributed by atoms with E-state index in [1.807, 2.05) is 54.6 Å². The topological polar surface area (TPSA) is 72.9 Å². The van der Waals surface area contributed by atoms with Crippen molar-refractivity contribution in [1.29, 1.82) is 0 Å². The minimum absolute atomic E-state index is 0.0570. The van der Waals surface area contributed by atoms with Gasteiger partial charge in [-0.05, 0) is 41.9 Å². The molecule has 2 aromatic carbocycles. The lowest BCUT2D eigenvalue weighted by Gasteiger charge is -2.36. The van der Waals surface area contributed by atoms with Gasteiger partial charge in [-0.1, -0.05) is 67.9 Å². The molecule has 1 aliphatic heterocycles. The fourth-order valence-electron chi connectivity index (χ4n) is 4.40. The number of esters is 2. The van der Waals surface area contributed by atoms with Crippen LogP contribution in [0.1, 0.15) is 55.8 Å². The first-order valence-corrected chi connectivity index (χ1v) is 12.9. The van der Waals surface area contributed by atoms with E-state index in [0.29, 0.717) is 6.54 Å². The first-order chi connectivity index (χ1) is 17.0. The van der Waals surface area contributed by atoms with Crippen LogP contribution in [-0.2, 0) is 30.4 Å². The minimum Gasteiger partial charge on any atom is -0.468 e. The van der Waals surface area contributed by atoms with Gasteiger partial charge in [0, 0.05) is 12.6 Å². The largest absolute Gasteiger partial charge is 0.468 e. The molecule has 1 fully saturated rings. The highest BCUT2D eigenvalue weighted by Crippen LogP contribution is 2.52. The van der Waals surface area contributed by atoms with Crippen LogP contribution in [0.15, 0.2) is 60.7 Å². The molecule has 0 radical (unpaired) electrons. The molecule has 0 unspecified atom stereocenters.